The Balaban J connectivity index is 2.07. The van der Waals surface area contributed by atoms with Crippen LogP contribution in [0.5, 0.6) is 5.75 Å². The molecule has 2 rings (SSSR count). The lowest BCUT2D eigenvalue weighted by Gasteiger charge is -2.09. The first-order valence-electron chi connectivity index (χ1n) is 5.37. The summed E-state index contributed by atoms with van der Waals surface area (Å²) in [7, 11) is 1.67. The van der Waals surface area contributed by atoms with Crippen molar-refractivity contribution in [3.05, 3.63) is 51.2 Å². The summed E-state index contributed by atoms with van der Waals surface area (Å²) in [5.41, 5.74) is 2.12. The topological polar surface area (TPSA) is 34.1 Å². The summed E-state index contributed by atoms with van der Waals surface area (Å²) in [6, 6.07) is 9.79. The second kappa shape index (κ2) is 6.20. The summed E-state index contributed by atoms with van der Waals surface area (Å²) in [5.74, 6) is 0.851. The normalized spacial score (nSPS) is 10.2. The molecule has 5 heteroatoms. The van der Waals surface area contributed by atoms with Crippen LogP contribution in [0.2, 0.25) is 0 Å². The molecule has 1 N–H and O–H groups in total. The number of nitrogens with one attached hydrogen (secondary N) is 1. The van der Waals surface area contributed by atoms with E-state index in [1.54, 1.807) is 13.3 Å². The predicted molar refractivity (Wildman–Crippen MR) is 80.0 cm³/mol. The Morgan fingerprint density at radius 2 is 2.06 bits per heavy atom. The maximum absolute atomic E-state index is 5.21. The molecular weight excluding hydrogens is 360 g/mol. The Hall–Kier alpha value is -1.07. The maximum atomic E-state index is 5.21. The van der Waals surface area contributed by atoms with E-state index in [4.69, 9.17) is 4.74 Å². The highest BCUT2D eigenvalue weighted by Gasteiger charge is 2.02. The lowest BCUT2D eigenvalue weighted by Crippen LogP contribution is -2.01. The molecule has 0 aliphatic carbocycles. The number of hydrogen-bond donors (Lipinski definition) is 1. The van der Waals surface area contributed by atoms with Crippen LogP contribution in [0.1, 0.15) is 5.56 Å². The number of pyridine rings is 1. The zero-order chi connectivity index (χ0) is 13.0. The third-order valence-electron chi connectivity index (χ3n) is 2.46. The summed E-state index contributed by atoms with van der Waals surface area (Å²) in [5, 5.41) is 3.31. The Labute approximate surface area is 123 Å². The molecule has 1 aromatic heterocycles. The van der Waals surface area contributed by atoms with Gasteiger partial charge in [0.25, 0.3) is 0 Å². The van der Waals surface area contributed by atoms with Crippen molar-refractivity contribution in [3.63, 3.8) is 0 Å². The molecule has 1 heterocycles. The summed E-state index contributed by atoms with van der Waals surface area (Å²) in [6.45, 7) is 0.709. The molecule has 0 aliphatic rings. The van der Waals surface area contributed by atoms with Crippen LogP contribution >= 0.6 is 31.9 Å². The smallest absolute Gasteiger partial charge is 0.119 e. The molecule has 3 nitrogen and oxygen atoms in total. The van der Waals surface area contributed by atoms with Crippen molar-refractivity contribution in [1.82, 2.24) is 4.98 Å². The van der Waals surface area contributed by atoms with Crippen molar-refractivity contribution in [2.24, 2.45) is 0 Å². The fourth-order valence-corrected chi connectivity index (χ4v) is 2.11. The number of rotatable bonds is 4. The molecule has 2 aromatic rings. The van der Waals surface area contributed by atoms with Crippen molar-refractivity contribution >= 4 is 37.5 Å². The van der Waals surface area contributed by atoms with Gasteiger partial charge in [0, 0.05) is 11.0 Å². The standard InChI is InChI=1S/C13H12Br2N2O/c1-18-11-3-4-12(14)9(6-11)7-16-10-2-5-13(15)17-8-10/h2-6,8,16H,7H2,1H3. The van der Waals surface area contributed by atoms with Gasteiger partial charge < -0.3 is 10.1 Å². The van der Waals surface area contributed by atoms with Crippen LogP contribution < -0.4 is 10.1 Å². The zero-order valence-corrected chi connectivity index (χ0v) is 13.0. The fraction of sp³-hybridized carbons (Fsp3) is 0.154. The largest absolute Gasteiger partial charge is 0.497 e. The van der Waals surface area contributed by atoms with E-state index in [-0.39, 0.29) is 0 Å². The molecule has 0 unspecified atom stereocenters. The summed E-state index contributed by atoms with van der Waals surface area (Å²) >= 11 is 6.84. The van der Waals surface area contributed by atoms with Gasteiger partial charge in [-0.3, -0.25) is 0 Å². The van der Waals surface area contributed by atoms with Gasteiger partial charge in [-0.05, 0) is 51.8 Å². The highest BCUT2D eigenvalue weighted by Crippen LogP contribution is 2.23. The molecule has 0 fully saturated rings. The van der Waals surface area contributed by atoms with E-state index in [2.05, 4.69) is 42.2 Å². The minimum absolute atomic E-state index is 0.709. The van der Waals surface area contributed by atoms with E-state index in [9.17, 15) is 0 Å². The molecule has 0 saturated heterocycles. The van der Waals surface area contributed by atoms with Crippen molar-refractivity contribution in [2.75, 3.05) is 12.4 Å². The third-order valence-corrected chi connectivity index (χ3v) is 3.71. The molecule has 0 amide bonds. The number of aromatic nitrogens is 1. The second-order valence-electron chi connectivity index (χ2n) is 3.68. The SMILES string of the molecule is COc1ccc(Br)c(CNc2ccc(Br)nc2)c1. The first kappa shape index (κ1) is 13.4. The van der Waals surface area contributed by atoms with E-state index in [0.29, 0.717) is 6.54 Å². The van der Waals surface area contributed by atoms with Gasteiger partial charge in [0.05, 0.1) is 19.0 Å². The van der Waals surface area contributed by atoms with Crippen LogP contribution in [0.4, 0.5) is 5.69 Å². The molecule has 0 bridgehead atoms. The van der Waals surface area contributed by atoms with Gasteiger partial charge in [0.15, 0.2) is 0 Å². The summed E-state index contributed by atoms with van der Waals surface area (Å²) < 4.78 is 7.10. The number of methoxy groups -OCH3 is 1. The molecule has 0 saturated carbocycles. The number of benzene rings is 1. The second-order valence-corrected chi connectivity index (χ2v) is 5.35. The van der Waals surface area contributed by atoms with Gasteiger partial charge in [-0.1, -0.05) is 15.9 Å². The summed E-state index contributed by atoms with van der Waals surface area (Å²) in [4.78, 5) is 4.17. The first-order chi connectivity index (χ1) is 8.69. The van der Waals surface area contributed by atoms with Crippen LogP contribution in [0.25, 0.3) is 0 Å². The van der Waals surface area contributed by atoms with E-state index >= 15 is 0 Å². The zero-order valence-electron chi connectivity index (χ0n) is 9.78. The van der Waals surface area contributed by atoms with Crippen molar-refractivity contribution in [3.8, 4) is 5.75 Å². The highest BCUT2D eigenvalue weighted by molar-refractivity contribution is 9.10. The lowest BCUT2D eigenvalue weighted by molar-refractivity contribution is 0.414. The number of nitrogens with zero attached hydrogens (tertiary/aromatic N) is 1. The Bertz CT molecular complexity index is 529. The van der Waals surface area contributed by atoms with Crippen LogP contribution in [0, 0.1) is 0 Å². The average molecular weight is 372 g/mol. The third kappa shape index (κ3) is 3.46. The monoisotopic (exact) mass is 370 g/mol. The van der Waals surface area contributed by atoms with E-state index < -0.39 is 0 Å². The molecule has 0 atom stereocenters. The van der Waals surface area contributed by atoms with Crippen molar-refractivity contribution in [2.45, 2.75) is 6.54 Å². The minimum Gasteiger partial charge on any atom is -0.497 e. The van der Waals surface area contributed by atoms with Gasteiger partial charge in [-0.15, -0.1) is 0 Å². The van der Waals surface area contributed by atoms with Gasteiger partial charge >= 0.3 is 0 Å². The average Bonchev–Trinajstić information content (AvgIpc) is 2.40. The Morgan fingerprint density at radius 1 is 1.22 bits per heavy atom. The molecular formula is C13H12Br2N2O. The van der Waals surface area contributed by atoms with Crippen LogP contribution in [-0.2, 0) is 6.54 Å². The van der Waals surface area contributed by atoms with Crippen molar-refractivity contribution < 1.29 is 4.74 Å². The number of ether oxygens (including phenoxy) is 1. The van der Waals surface area contributed by atoms with Gasteiger partial charge in [0.1, 0.15) is 10.4 Å². The first-order valence-corrected chi connectivity index (χ1v) is 6.95. The summed E-state index contributed by atoms with van der Waals surface area (Å²) in [6.07, 6.45) is 1.79. The maximum Gasteiger partial charge on any atom is 0.119 e. The molecule has 1 aromatic carbocycles. The van der Waals surface area contributed by atoms with Crippen LogP contribution in [0.15, 0.2) is 45.6 Å². The molecule has 18 heavy (non-hydrogen) atoms. The van der Waals surface area contributed by atoms with Gasteiger partial charge in [0.2, 0.25) is 0 Å². The Morgan fingerprint density at radius 3 is 2.72 bits per heavy atom. The van der Waals surface area contributed by atoms with E-state index in [0.717, 1.165) is 26.1 Å². The lowest BCUT2D eigenvalue weighted by atomic mass is 10.2. The highest BCUT2D eigenvalue weighted by atomic mass is 79.9. The van der Waals surface area contributed by atoms with E-state index in [1.807, 2.05) is 30.3 Å². The molecule has 0 spiro atoms. The molecule has 0 radical (unpaired) electrons. The molecule has 94 valence electrons. The van der Waals surface area contributed by atoms with Crippen molar-refractivity contribution in [1.29, 1.82) is 0 Å². The van der Waals surface area contributed by atoms with E-state index in [1.165, 1.54) is 0 Å². The van der Waals surface area contributed by atoms with Gasteiger partial charge in [-0.2, -0.15) is 0 Å². The van der Waals surface area contributed by atoms with Gasteiger partial charge in [-0.25, -0.2) is 4.98 Å². The predicted octanol–water partition coefficient (Wildman–Crippen LogP) is 4.23. The Kier molecular flexibility index (Phi) is 4.60. The number of anilines is 1. The molecule has 0 aliphatic heterocycles. The van der Waals surface area contributed by atoms with Crippen LogP contribution in [0.3, 0.4) is 0 Å². The minimum atomic E-state index is 0.709. The van der Waals surface area contributed by atoms with Crippen LogP contribution in [-0.4, -0.2) is 12.1 Å². The number of hydrogen-bond acceptors (Lipinski definition) is 3. The number of halogens is 2. The fourth-order valence-electron chi connectivity index (χ4n) is 1.49. The quantitative estimate of drug-likeness (QED) is 0.816.